The van der Waals surface area contributed by atoms with Crippen LogP contribution in [0.4, 0.5) is 0 Å². The summed E-state index contributed by atoms with van der Waals surface area (Å²) in [6.07, 6.45) is 2.85. The fourth-order valence-corrected chi connectivity index (χ4v) is 1.86. The first-order chi connectivity index (χ1) is 9.08. The number of nitrogens with one attached hydrogen (secondary N) is 2. The molecule has 1 aromatic heterocycles. The Morgan fingerprint density at radius 3 is 2.79 bits per heavy atom. The lowest BCUT2D eigenvalue weighted by Gasteiger charge is -2.26. The molecule has 1 aliphatic heterocycles. The molecule has 2 rings (SSSR count). The highest BCUT2D eigenvalue weighted by Crippen LogP contribution is 2.13. The van der Waals surface area contributed by atoms with Crippen LogP contribution in [0.15, 0.2) is 6.20 Å². The predicted molar refractivity (Wildman–Crippen MR) is 69.8 cm³/mol. The summed E-state index contributed by atoms with van der Waals surface area (Å²) in [5, 5.41) is 23.8. The first-order valence-corrected chi connectivity index (χ1v) is 6.71. The third-order valence-corrected chi connectivity index (χ3v) is 3.77. The van der Waals surface area contributed by atoms with E-state index in [0.29, 0.717) is 18.5 Å². The molecule has 1 fully saturated rings. The number of aliphatic hydroxyl groups is 1. The van der Waals surface area contributed by atoms with Crippen molar-refractivity contribution in [3.05, 3.63) is 11.9 Å². The van der Waals surface area contributed by atoms with E-state index in [2.05, 4.69) is 20.9 Å². The molecule has 3 N–H and O–H groups in total. The predicted octanol–water partition coefficient (Wildman–Crippen LogP) is -0.297. The number of hydrogen-bond donors (Lipinski definition) is 3. The van der Waals surface area contributed by atoms with Gasteiger partial charge in [0.1, 0.15) is 0 Å². The van der Waals surface area contributed by atoms with Crippen molar-refractivity contribution in [3.8, 4) is 0 Å². The topological polar surface area (TPSA) is 92.1 Å². The Bertz CT molecular complexity index is 437. The first kappa shape index (κ1) is 14.0. The average molecular weight is 267 g/mol. The van der Waals surface area contributed by atoms with Crippen LogP contribution in [-0.4, -0.2) is 51.2 Å². The Hall–Kier alpha value is -1.47. The average Bonchev–Trinajstić information content (AvgIpc) is 2.83. The molecule has 7 nitrogen and oxygen atoms in total. The van der Waals surface area contributed by atoms with E-state index in [4.69, 9.17) is 0 Å². The molecule has 2 heterocycles. The van der Waals surface area contributed by atoms with Crippen LogP contribution < -0.4 is 10.6 Å². The van der Waals surface area contributed by atoms with Gasteiger partial charge in [-0.2, -0.15) is 0 Å². The number of amides is 1. The number of carbonyl (C=O) groups is 1. The van der Waals surface area contributed by atoms with Gasteiger partial charge in [-0.3, -0.25) is 4.79 Å². The quantitative estimate of drug-likeness (QED) is 0.658. The molecule has 1 saturated heterocycles. The van der Waals surface area contributed by atoms with Gasteiger partial charge in [-0.05, 0) is 12.8 Å². The van der Waals surface area contributed by atoms with E-state index in [0.717, 1.165) is 13.1 Å². The van der Waals surface area contributed by atoms with Gasteiger partial charge in [0.2, 0.25) is 0 Å². The number of rotatable bonds is 6. The summed E-state index contributed by atoms with van der Waals surface area (Å²) in [6.45, 7) is 5.74. The van der Waals surface area contributed by atoms with E-state index in [-0.39, 0.29) is 18.5 Å². The van der Waals surface area contributed by atoms with Crippen molar-refractivity contribution in [2.75, 3.05) is 19.6 Å². The highest BCUT2D eigenvalue weighted by Gasteiger charge is 2.25. The Kier molecular flexibility index (Phi) is 4.16. The molecule has 7 heteroatoms. The zero-order valence-corrected chi connectivity index (χ0v) is 11.4. The van der Waals surface area contributed by atoms with E-state index >= 15 is 0 Å². The largest absolute Gasteiger partial charge is 0.388 e. The maximum absolute atomic E-state index is 11.9. The van der Waals surface area contributed by atoms with Gasteiger partial charge in [0.05, 0.1) is 17.8 Å². The zero-order valence-electron chi connectivity index (χ0n) is 11.4. The minimum Gasteiger partial charge on any atom is -0.388 e. The van der Waals surface area contributed by atoms with Crippen LogP contribution >= 0.6 is 0 Å². The lowest BCUT2D eigenvalue weighted by atomic mass is 9.97. The molecule has 0 saturated carbocycles. The molecule has 1 aromatic rings. The van der Waals surface area contributed by atoms with E-state index in [1.54, 1.807) is 10.9 Å². The maximum Gasteiger partial charge on any atom is 0.273 e. The third kappa shape index (κ3) is 3.10. The van der Waals surface area contributed by atoms with Crippen molar-refractivity contribution in [2.45, 2.75) is 38.3 Å². The van der Waals surface area contributed by atoms with Gasteiger partial charge in [0.25, 0.3) is 5.91 Å². The van der Waals surface area contributed by atoms with Crippen molar-refractivity contribution in [1.29, 1.82) is 0 Å². The molecule has 0 aliphatic carbocycles. The molecular formula is C12H21N5O2. The summed E-state index contributed by atoms with van der Waals surface area (Å²) >= 11 is 0. The third-order valence-electron chi connectivity index (χ3n) is 3.77. The second-order valence-corrected chi connectivity index (χ2v) is 5.01. The smallest absolute Gasteiger partial charge is 0.273 e. The van der Waals surface area contributed by atoms with E-state index in [1.807, 2.05) is 13.8 Å². The Balaban J connectivity index is 1.90. The molecule has 0 bridgehead atoms. The molecule has 0 unspecified atom stereocenters. The molecule has 0 spiro atoms. The number of nitrogens with zero attached hydrogens (tertiary/aromatic N) is 3. The summed E-state index contributed by atoms with van der Waals surface area (Å²) in [4.78, 5) is 11.9. The second kappa shape index (κ2) is 5.66. The second-order valence-electron chi connectivity index (χ2n) is 5.01. The maximum atomic E-state index is 11.9. The van der Waals surface area contributed by atoms with Crippen LogP contribution in [0.3, 0.4) is 0 Å². The van der Waals surface area contributed by atoms with Crippen LogP contribution in [-0.2, 0) is 0 Å². The number of hydrogen-bond acceptors (Lipinski definition) is 5. The van der Waals surface area contributed by atoms with Crippen LogP contribution in [0.25, 0.3) is 0 Å². The van der Waals surface area contributed by atoms with Crippen LogP contribution in [0.2, 0.25) is 0 Å². The number of carbonyl (C=O) groups excluding carboxylic acids is 1. The van der Waals surface area contributed by atoms with Crippen molar-refractivity contribution in [3.63, 3.8) is 0 Å². The fraction of sp³-hybridized carbons (Fsp3) is 0.750. The summed E-state index contributed by atoms with van der Waals surface area (Å²) in [7, 11) is 0. The van der Waals surface area contributed by atoms with Crippen molar-refractivity contribution in [2.24, 2.45) is 0 Å². The Labute approximate surface area is 112 Å². The monoisotopic (exact) mass is 267 g/mol. The summed E-state index contributed by atoms with van der Waals surface area (Å²) < 4.78 is 1.71. The Morgan fingerprint density at radius 1 is 1.58 bits per heavy atom. The van der Waals surface area contributed by atoms with Crippen LogP contribution in [0.5, 0.6) is 0 Å². The van der Waals surface area contributed by atoms with Gasteiger partial charge in [-0.25, -0.2) is 4.68 Å². The highest BCUT2D eigenvalue weighted by atomic mass is 16.3. The highest BCUT2D eigenvalue weighted by molar-refractivity contribution is 5.91. The number of aromatic nitrogens is 3. The standard InChI is InChI=1S/C12H21N5O2/c1-3-12(19,4-2)8-14-11(18)10-7-17(16-15-10)9-5-13-6-9/h7,9,13,19H,3-6,8H2,1-2H3,(H,14,18). The van der Waals surface area contributed by atoms with Crippen LogP contribution in [0.1, 0.15) is 43.2 Å². The molecule has 1 aliphatic rings. The minimum atomic E-state index is -0.844. The van der Waals surface area contributed by atoms with Crippen LogP contribution in [0, 0.1) is 0 Å². The molecule has 0 radical (unpaired) electrons. The van der Waals surface area contributed by atoms with E-state index in [1.165, 1.54) is 0 Å². The lowest BCUT2D eigenvalue weighted by Crippen LogP contribution is -2.43. The fourth-order valence-electron chi connectivity index (χ4n) is 1.86. The molecule has 0 atom stereocenters. The lowest BCUT2D eigenvalue weighted by molar-refractivity contribution is 0.0313. The molecule has 106 valence electrons. The van der Waals surface area contributed by atoms with Gasteiger partial charge >= 0.3 is 0 Å². The van der Waals surface area contributed by atoms with Gasteiger partial charge in [0.15, 0.2) is 5.69 Å². The van der Waals surface area contributed by atoms with Gasteiger partial charge < -0.3 is 15.7 Å². The summed E-state index contributed by atoms with van der Waals surface area (Å²) in [5.41, 5.74) is -0.551. The van der Waals surface area contributed by atoms with E-state index < -0.39 is 5.60 Å². The minimum absolute atomic E-state index is 0.233. The van der Waals surface area contributed by atoms with Gasteiger partial charge in [-0.1, -0.05) is 19.1 Å². The van der Waals surface area contributed by atoms with Gasteiger partial charge in [-0.15, -0.1) is 5.10 Å². The van der Waals surface area contributed by atoms with Gasteiger partial charge in [0, 0.05) is 19.6 Å². The zero-order chi connectivity index (χ0) is 13.9. The van der Waals surface area contributed by atoms with Crippen molar-refractivity contribution >= 4 is 5.91 Å². The normalized spacial score (nSPS) is 16.2. The Morgan fingerprint density at radius 2 is 2.26 bits per heavy atom. The molecule has 1 amide bonds. The van der Waals surface area contributed by atoms with Crippen molar-refractivity contribution < 1.29 is 9.90 Å². The summed E-state index contributed by atoms with van der Waals surface area (Å²) in [6, 6.07) is 0.289. The molecular weight excluding hydrogens is 246 g/mol. The molecule has 19 heavy (non-hydrogen) atoms. The van der Waals surface area contributed by atoms with Crippen molar-refractivity contribution in [1.82, 2.24) is 25.6 Å². The first-order valence-electron chi connectivity index (χ1n) is 6.71. The molecule has 0 aromatic carbocycles. The SMILES string of the molecule is CCC(O)(CC)CNC(=O)c1cn(C2CNC2)nn1. The van der Waals surface area contributed by atoms with E-state index in [9.17, 15) is 9.90 Å². The summed E-state index contributed by atoms with van der Waals surface area (Å²) in [5.74, 6) is -0.293.